The first-order chi connectivity index (χ1) is 6.86. The molecule has 14 heavy (non-hydrogen) atoms. The molecule has 84 valence electrons. The van der Waals surface area contributed by atoms with Crippen molar-refractivity contribution in [2.45, 2.75) is 26.2 Å². The molecule has 3 heteroatoms. The van der Waals surface area contributed by atoms with E-state index in [1.54, 1.807) is 0 Å². The molecule has 1 atom stereocenters. The fourth-order valence-electron chi connectivity index (χ4n) is 2.19. The summed E-state index contributed by atoms with van der Waals surface area (Å²) in [7, 11) is 0. The SMILES string of the molecule is CCNCCN1CCCC(CCO)C1. The van der Waals surface area contributed by atoms with E-state index in [1.165, 1.54) is 25.9 Å². The van der Waals surface area contributed by atoms with Gasteiger partial charge in [-0.15, -0.1) is 0 Å². The fourth-order valence-corrected chi connectivity index (χ4v) is 2.19. The van der Waals surface area contributed by atoms with Crippen molar-refractivity contribution in [2.75, 3.05) is 39.3 Å². The van der Waals surface area contributed by atoms with E-state index in [2.05, 4.69) is 17.1 Å². The van der Waals surface area contributed by atoms with Gasteiger partial charge in [-0.3, -0.25) is 0 Å². The van der Waals surface area contributed by atoms with E-state index in [4.69, 9.17) is 5.11 Å². The van der Waals surface area contributed by atoms with Crippen molar-refractivity contribution >= 4 is 0 Å². The zero-order valence-electron chi connectivity index (χ0n) is 9.34. The molecule has 1 fully saturated rings. The normalized spacial score (nSPS) is 24.0. The smallest absolute Gasteiger partial charge is 0.0434 e. The van der Waals surface area contributed by atoms with Gasteiger partial charge in [0.15, 0.2) is 0 Å². The van der Waals surface area contributed by atoms with Crippen LogP contribution in [0.2, 0.25) is 0 Å². The third kappa shape index (κ3) is 4.40. The Morgan fingerprint density at radius 3 is 3.07 bits per heavy atom. The number of rotatable bonds is 6. The summed E-state index contributed by atoms with van der Waals surface area (Å²) in [6, 6.07) is 0. The maximum absolute atomic E-state index is 8.89. The summed E-state index contributed by atoms with van der Waals surface area (Å²) in [5, 5.41) is 12.2. The highest BCUT2D eigenvalue weighted by atomic mass is 16.3. The van der Waals surface area contributed by atoms with Crippen LogP contribution in [0.25, 0.3) is 0 Å². The number of piperidine rings is 1. The molecule has 1 heterocycles. The van der Waals surface area contributed by atoms with Crippen molar-refractivity contribution in [2.24, 2.45) is 5.92 Å². The molecule has 3 nitrogen and oxygen atoms in total. The standard InChI is InChI=1S/C11H24N2O/c1-2-12-6-8-13-7-3-4-11(10-13)5-9-14/h11-12,14H,2-10H2,1H3. The van der Waals surface area contributed by atoms with Gasteiger partial charge in [0.2, 0.25) is 0 Å². The van der Waals surface area contributed by atoms with Crippen LogP contribution in [0.3, 0.4) is 0 Å². The van der Waals surface area contributed by atoms with E-state index in [0.29, 0.717) is 6.61 Å². The summed E-state index contributed by atoms with van der Waals surface area (Å²) >= 11 is 0. The molecule has 0 aromatic rings. The van der Waals surface area contributed by atoms with Crippen molar-refractivity contribution in [3.05, 3.63) is 0 Å². The van der Waals surface area contributed by atoms with Crippen molar-refractivity contribution in [3.8, 4) is 0 Å². The first-order valence-electron chi connectivity index (χ1n) is 5.90. The number of nitrogens with one attached hydrogen (secondary N) is 1. The number of aliphatic hydroxyl groups is 1. The Bertz CT molecular complexity index is 139. The number of likely N-dealkylation sites (tertiary alicyclic amines) is 1. The zero-order valence-corrected chi connectivity index (χ0v) is 9.34. The highest BCUT2D eigenvalue weighted by Crippen LogP contribution is 2.18. The van der Waals surface area contributed by atoms with Crippen LogP contribution in [0.5, 0.6) is 0 Å². The summed E-state index contributed by atoms with van der Waals surface area (Å²) in [5.41, 5.74) is 0. The molecule has 0 aliphatic carbocycles. The van der Waals surface area contributed by atoms with Crippen LogP contribution in [-0.2, 0) is 0 Å². The predicted molar refractivity (Wildman–Crippen MR) is 59.4 cm³/mol. The molecule has 2 N–H and O–H groups in total. The molecule has 0 bridgehead atoms. The molecule has 1 aliphatic heterocycles. The number of hydrogen-bond acceptors (Lipinski definition) is 3. The van der Waals surface area contributed by atoms with Crippen LogP contribution in [0, 0.1) is 5.92 Å². The summed E-state index contributed by atoms with van der Waals surface area (Å²) < 4.78 is 0. The molecule has 1 saturated heterocycles. The first-order valence-corrected chi connectivity index (χ1v) is 5.90. The maximum Gasteiger partial charge on any atom is 0.0434 e. The van der Waals surface area contributed by atoms with Gasteiger partial charge in [-0.1, -0.05) is 6.92 Å². The highest BCUT2D eigenvalue weighted by molar-refractivity contribution is 4.73. The topological polar surface area (TPSA) is 35.5 Å². The molecule has 0 saturated carbocycles. The van der Waals surface area contributed by atoms with Crippen LogP contribution in [-0.4, -0.2) is 49.3 Å². The van der Waals surface area contributed by atoms with Gasteiger partial charge in [0, 0.05) is 26.2 Å². The molecule has 0 radical (unpaired) electrons. The third-order valence-corrected chi connectivity index (χ3v) is 3.00. The summed E-state index contributed by atoms with van der Waals surface area (Å²) in [6.07, 6.45) is 3.59. The lowest BCUT2D eigenvalue weighted by atomic mass is 9.95. The van der Waals surface area contributed by atoms with E-state index >= 15 is 0 Å². The Hall–Kier alpha value is -0.120. The highest BCUT2D eigenvalue weighted by Gasteiger charge is 2.18. The predicted octanol–water partition coefficient (Wildman–Crippen LogP) is 0.690. The Morgan fingerprint density at radius 2 is 2.36 bits per heavy atom. The number of nitrogens with zero attached hydrogens (tertiary/aromatic N) is 1. The number of aliphatic hydroxyl groups excluding tert-OH is 1. The van der Waals surface area contributed by atoms with E-state index in [-0.39, 0.29) is 0 Å². The molecule has 0 aromatic heterocycles. The number of likely N-dealkylation sites (N-methyl/N-ethyl adjacent to an activating group) is 1. The molecule has 1 aliphatic rings. The van der Waals surface area contributed by atoms with Gasteiger partial charge in [-0.25, -0.2) is 0 Å². The van der Waals surface area contributed by atoms with Crippen molar-refractivity contribution in [3.63, 3.8) is 0 Å². The lowest BCUT2D eigenvalue weighted by molar-refractivity contribution is 0.149. The van der Waals surface area contributed by atoms with Gasteiger partial charge in [0.05, 0.1) is 0 Å². The monoisotopic (exact) mass is 200 g/mol. The minimum absolute atomic E-state index is 0.353. The molecule has 0 aromatic carbocycles. The average Bonchev–Trinajstić information content (AvgIpc) is 2.19. The molecule has 0 spiro atoms. The van der Waals surface area contributed by atoms with Crippen molar-refractivity contribution in [1.29, 1.82) is 0 Å². The summed E-state index contributed by atoms with van der Waals surface area (Å²) in [4.78, 5) is 2.52. The second-order valence-electron chi connectivity index (χ2n) is 4.17. The minimum Gasteiger partial charge on any atom is -0.396 e. The fraction of sp³-hybridized carbons (Fsp3) is 1.00. The van der Waals surface area contributed by atoms with Gasteiger partial charge in [0.1, 0.15) is 0 Å². The first kappa shape index (κ1) is 12.0. The Labute approximate surface area is 87.5 Å². The second-order valence-corrected chi connectivity index (χ2v) is 4.17. The van der Waals surface area contributed by atoms with E-state index in [1.807, 2.05) is 0 Å². The maximum atomic E-state index is 8.89. The van der Waals surface area contributed by atoms with E-state index < -0.39 is 0 Å². The van der Waals surface area contributed by atoms with E-state index in [9.17, 15) is 0 Å². The Morgan fingerprint density at radius 1 is 1.50 bits per heavy atom. The summed E-state index contributed by atoms with van der Waals surface area (Å²) in [5.74, 6) is 0.732. The third-order valence-electron chi connectivity index (χ3n) is 3.00. The van der Waals surface area contributed by atoms with Crippen molar-refractivity contribution in [1.82, 2.24) is 10.2 Å². The Balaban J connectivity index is 2.12. The molecule has 1 rings (SSSR count). The van der Waals surface area contributed by atoms with Crippen LogP contribution in [0.1, 0.15) is 26.2 Å². The lowest BCUT2D eigenvalue weighted by Gasteiger charge is -2.32. The van der Waals surface area contributed by atoms with Crippen LogP contribution in [0.15, 0.2) is 0 Å². The quantitative estimate of drug-likeness (QED) is 0.619. The van der Waals surface area contributed by atoms with Gasteiger partial charge in [-0.2, -0.15) is 0 Å². The molecular weight excluding hydrogens is 176 g/mol. The molecule has 1 unspecified atom stereocenters. The van der Waals surface area contributed by atoms with Gasteiger partial charge in [-0.05, 0) is 38.3 Å². The average molecular weight is 200 g/mol. The van der Waals surface area contributed by atoms with Crippen LogP contribution >= 0.6 is 0 Å². The minimum atomic E-state index is 0.353. The van der Waals surface area contributed by atoms with Crippen LogP contribution < -0.4 is 5.32 Å². The van der Waals surface area contributed by atoms with Gasteiger partial charge in [0.25, 0.3) is 0 Å². The zero-order chi connectivity index (χ0) is 10.2. The largest absolute Gasteiger partial charge is 0.396 e. The molecular formula is C11H24N2O. The number of hydrogen-bond donors (Lipinski definition) is 2. The van der Waals surface area contributed by atoms with Gasteiger partial charge >= 0.3 is 0 Å². The molecule has 0 amide bonds. The van der Waals surface area contributed by atoms with Gasteiger partial charge < -0.3 is 15.3 Å². The lowest BCUT2D eigenvalue weighted by Crippen LogP contribution is -2.39. The van der Waals surface area contributed by atoms with Crippen LogP contribution in [0.4, 0.5) is 0 Å². The van der Waals surface area contributed by atoms with Crippen molar-refractivity contribution < 1.29 is 5.11 Å². The summed E-state index contributed by atoms with van der Waals surface area (Å²) in [6.45, 7) is 8.25. The second kappa shape index (κ2) is 7.21. The Kier molecular flexibility index (Phi) is 6.15. The van der Waals surface area contributed by atoms with E-state index in [0.717, 1.165) is 32.0 Å².